The molecule has 1 fully saturated rings. The molecule has 2 aromatic rings. The fourth-order valence-electron chi connectivity index (χ4n) is 3.19. The van der Waals surface area contributed by atoms with E-state index in [0.717, 1.165) is 38.7 Å². The lowest BCUT2D eigenvalue weighted by molar-refractivity contribution is 0.134. The Morgan fingerprint density at radius 1 is 1.08 bits per heavy atom. The van der Waals surface area contributed by atoms with Gasteiger partial charge in [-0.15, -0.1) is 0 Å². The lowest BCUT2D eigenvalue weighted by Crippen LogP contribution is -2.51. The van der Waals surface area contributed by atoms with Crippen LogP contribution < -0.4 is 10.6 Å². The highest BCUT2D eigenvalue weighted by Gasteiger charge is 2.20. The molecular formula is C18H22N6O. The third-order valence-corrected chi connectivity index (χ3v) is 4.65. The molecule has 2 aliphatic heterocycles. The fraction of sp³-hybridized carbons (Fsp3) is 0.389. The molecule has 25 heavy (non-hydrogen) atoms. The number of fused-ring (bicyclic) bond motifs is 1. The van der Waals surface area contributed by atoms with Gasteiger partial charge >= 0.3 is 0 Å². The number of hydrogen-bond donors (Lipinski definition) is 1. The van der Waals surface area contributed by atoms with E-state index in [2.05, 4.69) is 43.0 Å². The monoisotopic (exact) mass is 338 g/mol. The summed E-state index contributed by atoms with van der Waals surface area (Å²) in [6, 6.07) is 8.23. The number of aromatic nitrogens is 2. The summed E-state index contributed by atoms with van der Waals surface area (Å²) < 4.78 is 5.45. The zero-order valence-corrected chi connectivity index (χ0v) is 14.1. The van der Waals surface area contributed by atoms with E-state index in [4.69, 9.17) is 10.5 Å². The minimum atomic E-state index is 0.598. The van der Waals surface area contributed by atoms with Crippen LogP contribution in [-0.4, -0.2) is 47.0 Å². The molecule has 130 valence electrons. The number of anilines is 1. The largest absolute Gasteiger partial charge is 0.372 e. The van der Waals surface area contributed by atoms with Gasteiger partial charge in [0.25, 0.3) is 0 Å². The second-order valence-electron chi connectivity index (χ2n) is 6.29. The molecule has 0 amide bonds. The number of nitrogens with two attached hydrogens (primary N) is 1. The van der Waals surface area contributed by atoms with Crippen LogP contribution in [0.15, 0.2) is 41.7 Å². The van der Waals surface area contributed by atoms with Crippen LogP contribution in [0.5, 0.6) is 0 Å². The van der Waals surface area contributed by atoms with Crippen molar-refractivity contribution in [3.05, 3.63) is 53.3 Å². The second-order valence-corrected chi connectivity index (χ2v) is 6.29. The first kappa shape index (κ1) is 15.8. The zero-order chi connectivity index (χ0) is 17.1. The maximum Gasteiger partial charge on any atom is 0.225 e. The van der Waals surface area contributed by atoms with E-state index in [0.29, 0.717) is 19.1 Å². The van der Waals surface area contributed by atoms with Crippen molar-refractivity contribution in [3.8, 4) is 0 Å². The van der Waals surface area contributed by atoms with Gasteiger partial charge in [-0.2, -0.15) is 0 Å². The number of rotatable bonds is 3. The third kappa shape index (κ3) is 3.56. The Labute approximate surface area is 147 Å². The van der Waals surface area contributed by atoms with Crippen LogP contribution in [0.3, 0.4) is 0 Å². The van der Waals surface area contributed by atoms with Crippen molar-refractivity contribution < 1.29 is 4.74 Å². The molecule has 1 aromatic heterocycles. The Morgan fingerprint density at radius 2 is 1.84 bits per heavy atom. The van der Waals surface area contributed by atoms with Crippen molar-refractivity contribution in [1.29, 1.82) is 0 Å². The number of ether oxygens (including phenoxy) is 1. The van der Waals surface area contributed by atoms with E-state index in [-0.39, 0.29) is 0 Å². The lowest BCUT2D eigenvalue weighted by atomic mass is 10.1. The quantitative estimate of drug-likeness (QED) is 0.668. The molecule has 0 unspecified atom stereocenters. The second kappa shape index (κ2) is 7.06. The molecule has 1 saturated heterocycles. The van der Waals surface area contributed by atoms with Crippen molar-refractivity contribution in [1.82, 2.24) is 14.9 Å². The summed E-state index contributed by atoms with van der Waals surface area (Å²) in [6.07, 6.45) is 3.54. The van der Waals surface area contributed by atoms with Gasteiger partial charge in [-0.3, -0.25) is 0 Å². The number of guanidine groups is 1. The zero-order valence-electron chi connectivity index (χ0n) is 14.1. The van der Waals surface area contributed by atoms with Crippen molar-refractivity contribution in [2.24, 2.45) is 10.7 Å². The molecule has 4 rings (SSSR count). The molecule has 0 saturated carbocycles. The minimum Gasteiger partial charge on any atom is -0.372 e. The van der Waals surface area contributed by atoms with Crippen molar-refractivity contribution in [2.75, 3.05) is 31.1 Å². The molecule has 2 N–H and O–H groups in total. The maximum absolute atomic E-state index is 6.19. The van der Waals surface area contributed by atoms with Gasteiger partial charge in [0, 0.05) is 38.6 Å². The molecule has 0 aliphatic carbocycles. The molecule has 3 heterocycles. The van der Waals surface area contributed by atoms with Gasteiger partial charge in [-0.1, -0.05) is 18.2 Å². The SMILES string of the molecule is NC(=NCc1ccc2c(c1)COC2)N1CCN(c2ncccn2)CC1. The first-order valence-corrected chi connectivity index (χ1v) is 8.55. The normalized spacial score (nSPS) is 17.7. The highest BCUT2D eigenvalue weighted by Crippen LogP contribution is 2.21. The third-order valence-electron chi connectivity index (χ3n) is 4.65. The Morgan fingerprint density at radius 3 is 2.64 bits per heavy atom. The van der Waals surface area contributed by atoms with Crippen molar-refractivity contribution in [3.63, 3.8) is 0 Å². The summed E-state index contributed by atoms with van der Waals surface area (Å²) in [5.41, 5.74) is 9.91. The van der Waals surface area contributed by atoms with Gasteiger partial charge in [-0.05, 0) is 22.8 Å². The summed E-state index contributed by atoms with van der Waals surface area (Å²) in [6.45, 7) is 5.35. The summed E-state index contributed by atoms with van der Waals surface area (Å²) in [4.78, 5) is 17.5. The van der Waals surface area contributed by atoms with Gasteiger partial charge in [0.2, 0.25) is 5.95 Å². The average Bonchev–Trinajstić information content (AvgIpc) is 3.15. The van der Waals surface area contributed by atoms with E-state index in [1.807, 2.05) is 6.07 Å². The van der Waals surface area contributed by atoms with Gasteiger partial charge < -0.3 is 20.3 Å². The van der Waals surface area contributed by atoms with Crippen LogP contribution in [0, 0.1) is 0 Å². The van der Waals surface area contributed by atoms with E-state index in [1.165, 1.54) is 16.7 Å². The molecular weight excluding hydrogens is 316 g/mol. The molecule has 0 bridgehead atoms. The van der Waals surface area contributed by atoms with Crippen LogP contribution in [0.1, 0.15) is 16.7 Å². The standard InChI is InChI=1S/C18H22N6O/c19-17(22-11-14-2-3-15-12-25-13-16(15)10-14)23-6-8-24(9-7-23)18-20-4-1-5-21-18/h1-5,10H,6-9,11-13H2,(H2,19,22). The predicted octanol–water partition coefficient (Wildman–Crippen LogP) is 1.14. The average molecular weight is 338 g/mol. The minimum absolute atomic E-state index is 0.598. The van der Waals surface area contributed by atoms with Crippen molar-refractivity contribution in [2.45, 2.75) is 19.8 Å². The van der Waals surface area contributed by atoms with Gasteiger partial charge in [0.1, 0.15) is 0 Å². The van der Waals surface area contributed by atoms with E-state index in [1.54, 1.807) is 12.4 Å². The van der Waals surface area contributed by atoms with Gasteiger partial charge in [-0.25, -0.2) is 15.0 Å². The van der Waals surface area contributed by atoms with Crippen LogP contribution in [0.4, 0.5) is 5.95 Å². The lowest BCUT2D eigenvalue weighted by Gasteiger charge is -2.35. The van der Waals surface area contributed by atoms with Crippen LogP contribution in [0.25, 0.3) is 0 Å². The molecule has 7 nitrogen and oxygen atoms in total. The molecule has 2 aliphatic rings. The molecule has 0 radical (unpaired) electrons. The Kier molecular flexibility index (Phi) is 4.47. The fourth-order valence-corrected chi connectivity index (χ4v) is 3.19. The number of hydrogen-bond acceptors (Lipinski definition) is 5. The summed E-state index contributed by atoms with van der Waals surface area (Å²) in [5, 5.41) is 0. The highest BCUT2D eigenvalue weighted by atomic mass is 16.5. The van der Waals surface area contributed by atoms with Gasteiger partial charge in [0.15, 0.2) is 5.96 Å². The smallest absolute Gasteiger partial charge is 0.225 e. The van der Waals surface area contributed by atoms with Crippen molar-refractivity contribution >= 4 is 11.9 Å². The predicted molar refractivity (Wildman–Crippen MR) is 96.1 cm³/mol. The Bertz CT molecular complexity index is 755. The maximum atomic E-state index is 6.19. The number of aliphatic imine (C=N–C) groups is 1. The van der Waals surface area contributed by atoms with E-state index in [9.17, 15) is 0 Å². The first-order chi connectivity index (χ1) is 12.3. The van der Waals surface area contributed by atoms with E-state index >= 15 is 0 Å². The molecule has 7 heteroatoms. The van der Waals surface area contributed by atoms with Crippen LogP contribution >= 0.6 is 0 Å². The first-order valence-electron chi connectivity index (χ1n) is 8.55. The topological polar surface area (TPSA) is 79.9 Å². The Hall–Kier alpha value is -2.67. The van der Waals surface area contributed by atoms with Crippen LogP contribution in [-0.2, 0) is 24.5 Å². The molecule has 0 spiro atoms. The highest BCUT2D eigenvalue weighted by molar-refractivity contribution is 5.78. The molecule has 1 aromatic carbocycles. The molecule has 0 atom stereocenters. The number of piperazine rings is 1. The van der Waals surface area contributed by atoms with E-state index < -0.39 is 0 Å². The number of nitrogens with zero attached hydrogens (tertiary/aromatic N) is 5. The number of benzene rings is 1. The van der Waals surface area contributed by atoms with Gasteiger partial charge in [0.05, 0.1) is 19.8 Å². The summed E-state index contributed by atoms with van der Waals surface area (Å²) >= 11 is 0. The summed E-state index contributed by atoms with van der Waals surface area (Å²) in [5.74, 6) is 1.38. The Balaban J connectivity index is 1.34. The van der Waals surface area contributed by atoms with Crippen LogP contribution in [0.2, 0.25) is 0 Å². The summed E-state index contributed by atoms with van der Waals surface area (Å²) in [7, 11) is 0.